The molecule has 0 saturated carbocycles. The zero-order chi connectivity index (χ0) is 25.4. The average Bonchev–Trinajstić information content (AvgIpc) is 3.22. The number of nitrogens with one attached hydrogen (secondary N) is 1. The van der Waals surface area contributed by atoms with Gasteiger partial charge in [-0.2, -0.15) is 12.6 Å². The number of carboxylic acid groups (broad SMARTS) is 1. The summed E-state index contributed by atoms with van der Waals surface area (Å²) in [6.45, 7) is 7.17. The molecule has 3 rings (SSSR count). The van der Waals surface area contributed by atoms with Crippen LogP contribution in [0, 0.1) is 11.8 Å². The van der Waals surface area contributed by atoms with E-state index in [0.29, 0.717) is 36.1 Å². The molecule has 1 unspecified atom stereocenters. The van der Waals surface area contributed by atoms with Crippen LogP contribution < -0.4 is 5.32 Å². The van der Waals surface area contributed by atoms with Gasteiger partial charge >= 0.3 is 5.97 Å². The minimum atomic E-state index is -0.946. The lowest BCUT2D eigenvalue weighted by Crippen LogP contribution is -2.33. The number of aromatic nitrogens is 3. The smallest absolute Gasteiger partial charge is 0.336 e. The number of amides is 1. The number of nitrogens with zero attached hydrogens (tertiary/aromatic N) is 3. The summed E-state index contributed by atoms with van der Waals surface area (Å²) in [6.07, 6.45) is 2.52. The van der Waals surface area contributed by atoms with Gasteiger partial charge < -0.3 is 15.0 Å². The van der Waals surface area contributed by atoms with E-state index in [4.69, 9.17) is 0 Å². The highest BCUT2D eigenvalue weighted by Crippen LogP contribution is 2.24. The summed E-state index contributed by atoms with van der Waals surface area (Å²) >= 11 is 4.35. The molecule has 0 bridgehead atoms. The van der Waals surface area contributed by atoms with Crippen LogP contribution in [0.2, 0.25) is 0 Å². The van der Waals surface area contributed by atoms with E-state index in [1.165, 1.54) is 0 Å². The molecule has 1 amide bonds. The van der Waals surface area contributed by atoms with Gasteiger partial charge in [-0.15, -0.1) is 10.2 Å². The van der Waals surface area contributed by atoms with Gasteiger partial charge in [0.1, 0.15) is 5.82 Å². The predicted octanol–water partition coefficient (Wildman–Crippen LogP) is 4.85. The zero-order valence-electron chi connectivity index (χ0n) is 20.6. The summed E-state index contributed by atoms with van der Waals surface area (Å²) in [7, 11) is 0. The van der Waals surface area contributed by atoms with E-state index in [0.717, 1.165) is 36.2 Å². The van der Waals surface area contributed by atoms with E-state index >= 15 is 0 Å². The van der Waals surface area contributed by atoms with Crippen LogP contribution in [-0.2, 0) is 24.3 Å². The van der Waals surface area contributed by atoms with Crippen LogP contribution in [0.25, 0.3) is 11.1 Å². The number of benzene rings is 2. The second-order valence-corrected chi connectivity index (χ2v) is 9.51. The minimum Gasteiger partial charge on any atom is -0.478 e. The van der Waals surface area contributed by atoms with Crippen molar-refractivity contribution in [3.05, 3.63) is 71.3 Å². The van der Waals surface area contributed by atoms with Crippen molar-refractivity contribution < 1.29 is 14.7 Å². The molecular formula is C27H34N4O3S. The van der Waals surface area contributed by atoms with E-state index in [2.05, 4.69) is 53.5 Å². The second kappa shape index (κ2) is 12.5. The summed E-state index contributed by atoms with van der Waals surface area (Å²) in [5.41, 5.74) is 2.85. The number of thiol groups is 1. The standard InChI is InChI=1S/C27H34N4O3S/c1-4-7-24-29-30-25(15-28-26(32)21(17-35)14-18(2)3)31(24)16-19-10-12-20(13-11-19)22-8-5-6-9-23(22)27(33)34/h5-6,8-13,18,21,35H,4,7,14-17H2,1-3H3,(H,28,32)(H,33,34). The molecule has 3 aromatic rings. The number of rotatable bonds is 12. The third-order valence-electron chi connectivity index (χ3n) is 5.91. The van der Waals surface area contributed by atoms with Crippen LogP contribution in [0.4, 0.5) is 0 Å². The van der Waals surface area contributed by atoms with Crippen molar-refractivity contribution in [2.75, 3.05) is 5.75 Å². The lowest BCUT2D eigenvalue weighted by atomic mass is 9.98. The molecule has 1 heterocycles. The Kier molecular flexibility index (Phi) is 9.48. The van der Waals surface area contributed by atoms with E-state index in [9.17, 15) is 14.7 Å². The summed E-state index contributed by atoms with van der Waals surface area (Å²) in [5.74, 6) is 1.43. The molecule has 0 fully saturated rings. The minimum absolute atomic E-state index is 0.0123. The number of carboxylic acids is 1. The molecule has 1 atom stereocenters. The van der Waals surface area contributed by atoms with Gasteiger partial charge in [-0.05, 0) is 41.5 Å². The largest absolute Gasteiger partial charge is 0.478 e. The summed E-state index contributed by atoms with van der Waals surface area (Å²) in [6, 6.07) is 14.8. The number of aryl methyl sites for hydroxylation is 1. The van der Waals surface area contributed by atoms with Crippen LogP contribution in [0.3, 0.4) is 0 Å². The van der Waals surface area contributed by atoms with Gasteiger partial charge in [-0.3, -0.25) is 4.79 Å². The predicted molar refractivity (Wildman–Crippen MR) is 141 cm³/mol. The van der Waals surface area contributed by atoms with Gasteiger partial charge in [0.25, 0.3) is 0 Å². The van der Waals surface area contributed by atoms with Crippen LogP contribution in [0.1, 0.15) is 61.2 Å². The van der Waals surface area contributed by atoms with Crippen molar-refractivity contribution in [1.82, 2.24) is 20.1 Å². The first-order chi connectivity index (χ1) is 16.8. The highest BCUT2D eigenvalue weighted by molar-refractivity contribution is 7.80. The van der Waals surface area contributed by atoms with E-state index in [1.807, 2.05) is 36.4 Å². The molecule has 2 aromatic carbocycles. The highest BCUT2D eigenvalue weighted by Gasteiger charge is 2.20. The number of carbonyl (C=O) groups excluding carboxylic acids is 1. The number of aromatic carboxylic acids is 1. The second-order valence-electron chi connectivity index (χ2n) is 9.14. The molecule has 0 saturated heterocycles. The Hall–Kier alpha value is -3.13. The zero-order valence-corrected chi connectivity index (χ0v) is 21.5. The van der Waals surface area contributed by atoms with Crippen LogP contribution in [0.5, 0.6) is 0 Å². The Labute approximate surface area is 212 Å². The lowest BCUT2D eigenvalue weighted by molar-refractivity contribution is -0.125. The molecule has 0 spiro atoms. The van der Waals surface area contributed by atoms with Crippen LogP contribution in [-0.4, -0.2) is 37.5 Å². The first-order valence-electron chi connectivity index (χ1n) is 12.0. The molecule has 0 aliphatic rings. The molecule has 0 aliphatic heterocycles. The summed E-state index contributed by atoms with van der Waals surface area (Å²) < 4.78 is 2.06. The Morgan fingerprint density at radius 1 is 1.06 bits per heavy atom. The van der Waals surface area contributed by atoms with Crippen LogP contribution >= 0.6 is 12.6 Å². The SMILES string of the molecule is CCCc1nnc(CNC(=O)C(CS)CC(C)C)n1Cc1ccc(-c2ccccc2C(=O)O)cc1. The van der Waals surface area contributed by atoms with Crippen molar-refractivity contribution >= 4 is 24.5 Å². The fourth-order valence-electron chi connectivity index (χ4n) is 4.13. The van der Waals surface area contributed by atoms with Gasteiger partial charge in [0.05, 0.1) is 18.7 Å². The maximum atomic E-state index is 12.7. The maximum absolute atomic E-state index is 12.7. The normalized spacial score (nSPS) is 12.0. The monoisotopic (exact) mass is 494 g/mol. The van der Waals surface area contributed by atoms with Gasteiger partial charge in [0.15, 0.2) is 5.82 Å². The fourth-order valence-corrected chi connectivity index (χ4v) is 4.45. The Morgan fingerprint density at radius 3 is 2.37 bits per heavy atom. The summed E-state index contributed by atoms with van der Waals surface area (Å²) in [4.78, 5) is 24.3. The topological polar surface area (TPSA) is 97.1 Å². The number of carbonyl (C=O) groups is 2. The van der Waals surface area contributed by atoms with E-state index < -0.39 is 5.97 Å². The molecule has 0 radical (unpaired) electrons. The fraction of sp³-hybridized carbons (Fsp3) is 0.407. The van der Waals surface area contributed by atoms with Crippen molar-refractivity contribution in [3.63, 3.8) is 0 Å². The first kappa shape index (κ1) is 26.5. The Bertz CT molecular complexity index is 1140. The first-order valence-corrected chi connectivity index (χ1v) is 12.7. The maximum Gasteiger partial charge on any atom is 0.336 e. The van der Waals surface area contributed by atoms with Crippen molar-refractivity contribution in [2.45, 2.75) is 53.1 Å². The molecule has 0 aliphatic carbocycles. The molecule has 2 N–H and O–H groups in total. The van der Waals surface area contributed by atoms with E-state index in [1.54, 1.807) is 12.1 Å². The molecule has 7 nitrogen and oxygen atoms in total. The third-order valence-corrected chi connectivity index (χ3v) is 6.35. The van der Waals surface area contributed by atoms with Crippen molar-refractivity contribution in [1.29, 1.82) is 0 Å². The Balaban J connectivity index is 1.78. The molecule has 35 heavy (non-hydrogen) atoms. The highest BCUT2D eigenvalue weighted by atomic mass is 32.1. The van der Waals surface area contributed by atoms with Crippen LogP contribution in [0.15, 0.2) is 48.5 Å². The quantitative estimate of drug-likeness (QED) is 0.313. The molecular weight excluding hydrogens is 460 g/mol. The summed E-state index contributed by atoms with van der Waals surface area (Å²) in [5, 5.41) is 21.2. The lowest BCUT2D eigenvalue weighted by Gasteiger charge is -2.17. The third kappa shape index (κ3) is 6.94. The average molecular weight is 495 g/mol. The van der Waals surface area contributed by atoms with E-state index in [-0.39, 0.29) is 17.4 Å². The Morgan fingerprint density at radius 2 is 1.74 bits per heavy atom. The van der Waals surface area contributed by atoms with Crippen molar-refractivity contribution in [2.24, 2.45) is 11.8 Å². The molecule has 1 aromatic heterocycles. The molecule has 186 valence electrons. The van der Waals surface area contributed by atoms with Crippen molar-refractivity contribution in [3.8, 4) is 11.1 Å². The number of hydrogen-bond acceptors (Lipinski definition) is 5. The van der Waals surface area contributed by atoms with Gasteiger partial charge in [0.2, 0.25) is 5.91 Å². The molecule has 8 heteroatoms. The number of hydrogen-bond donors (Lipinski definition) is 3. The van der Waals surface area contributed by atoms with Gasteiger partial charge in [-0.25, -0.2) is 4.79 Å². The van der Waals surface area contributed by atoms with Gasteiger partial charge in [-0.1, -0.05) is 63.2 Å². The van der Waals surface area contributed by atoms with Gasteiger partial charge in [0, 0.05) is 18.1 Å².